The van der Waals surface area contributed by atoms with Crippen LogP contribution in [0, 0.1) is 11.3 Å². The zero-order valence-corrected chi connectivity index (χ0v) is 15.3. The van der Waals surface area contributed by atoms with Crippen molar-refractivity contribution in [2.24, 2.45) is 0 Å². The molecule has 7 heteroatoms. The summed E-state index contributed by atoms with van der Waals surface area (Å²) in [4.78, 5) is 4.14. The van der Waals surface area contributed by atoms with Gasteiger partial charge in [-0.25, -0.2) is 0 Å². The highest BCUT2D eigenvalue weighted by Crippen LogP contribution is 2.22. The summed E-state index contributed by atoms with van der Waals surface area (Å²) in [6, 6.07) is 16.9. The Kier molecular flexibility index (Phi) is 5.59. The highest BCUT2D eigenvalue weighted by Gasteiger charge is 2.13. The minimum atomic E-state index is 0.129. The highest BCUT2D eigenvalue weighted by molar-refractivity contribution is 9.10. The Morgan fingerprint density at radius 1 is 1.20 bits per heavy atom. The van der Waals surface area contributed by atoms with Crippen molar-refractivity contribution < 1.29 is 9.15 Å². The van der Waals surface area contributed by atoms with Crippen LogP contribution < -0.4 is 10.1 Å². The van der Waals surface area contributed by atoms with Crippen molar-refractivity contribution >= 4 is 33.4 Å². The zero-order chi connectivity index (χ0) is 17.6. The first kappa shape index (κ1) is 17.3. The molecule has 1 heterocycles. The highest BCUT2D eigenvalue weighted by atomic mass is 79.9. The van der Waals surface area contributed by atoms with Gasteiger partial charge in [-0.05, 0) is 35.9 Å². The summed E-state index contributed by atoms with van der Waals surface area (Å²) < 4.78 is 12.2. The third-order valence-electron chi connectivity index (χ3n) is 3.35. The average molecular weight is 419 g/mol. The fourth-order valence-electron chi connectivity index (χ4n) is 2.11. The minimum Gasteiger partial charge on any atom is -0.484 e. The van der Waals surface area contributed by atoms with Gasteiger partial charge in [-0.1, -0.05) is 45.7 Å². The number of nitriles is 1. The molecule has 0 aliphatic heterocycles. The van der Waals surface area contributed by atoms with Gasteiger partial charge in [0, 0.05) is 16.0 Å². The van der Waals surface area contributed by atoms with Crippen molar-refractivity contribution in [3.05, 3.63) is 75.2 Å². The predicted molar refractivity (Wildman–Crippen MR) is 98.5 cm³/mol. The standard InChI is InChI=1S/C18H13BrClN3O2/c19-13-5-7-14(8-6-13)24-11-17-23-16(9-21)18(25-17)22-10-12-3-1-2-4-15(12)20/h1-8,22H,10-11H2. The average Bonchev–Trinajstić information content (AvgIpc) is 3.03. The van der Waals surface area contributed by atoms with E-state index in [1.807, 2.05) is 54.6 Å². The Hall–Kier alpha value is -2.49. The van der Waals surface area contributed by atoms with Crippen LogP contribution in [0.25, 0.3) is 0 Å². The Labute approximate surface area is 158 Å². The van der Waals surface area contributed by atoms with Crippen molar-refractivity contribution in [3.63, 3.8) is 0 Å². The Bertz CT molecular complexity index is 903. The maximum absolute atomic E-state index is 9.21. The molecule has 0 atom stereocenters. The number of oxazole rings is 1. The summed E-state index contributed by atoms with van der Waals surface area (Å²) in [5, 5.41) is 12.9. The molecule has 3 aromatic rings. The van der Waals surface area contributed by atoms with Gasteiger partial charge in [0.05, 0.1) is 0 Å². The molecule has 0 spiro atoms. The Morgan fingerprint density at radius 2 is 1.96 bits per heavy atom. The molecule has 0 amide bonds. The number of rotatable bonds is 6. The van der Waals surface area contributed by atoms with Crippen molar-refractivity contribution in [1.82, 2.24) is 4.98 Å². The van der Waals surface area contributed by atoms with Gasteiger partial charge >= 0.3 is 0 Å². The van der Waals surface area contributed by atoms with Crippen LogP contribution in [0.3, 0.4) is 0 Å². The molecule has 0 bridgehead atoms. The van der Waals surface area contributed by atoms with Gasteiger partial charge < -0.3 is 14.5 Å². The molecule has 2 aromatic carbocycles. The van der Waals surface area contributed by atoms with Crippen LogP contribution >= 0.6 is 27.5 Å². The Morgan fingerprint density at radius 3 is 2.68 bits per heavy atom. The van der Waals surface area contributed by atoms with E-state index in [1.54, 1.807) is 0 Å². The zero-order valence-electron chi connectivity index (χ0n) is 13.0. The normalized spacial score (nSPS) is 10.3. The summed E-state index contributed by atoms with van der Waals surface area (Å²) in [7, 11) is 0. The molecule has 25 heavy (non-hydrogen) atoms. The number of aromatic nitrogens is 1. The number of hydrogen-bond acceptors (Lipinski definition) is 5. The van der Waals surface area contributed by atoms with E-state index in [0.29, 0.717) is 29.1 Å². The number of nitrogens with one attached hydrogen (secondary N) is 1. The number of anilines is 1. The number of hydrogen-bond donors (Lipinski definition) is 1. The van der Waals surface area contributed by atoms with E-state index < -0.39 is 0 Å². The van der Waals surface area contributed by atoms with Crippen LogP contribution in [0.1, 0.15) is 17.1 Å². The van der Waals surface area contributed by atoms with Crippen molar-refractivity contribution in [1.29, 1.82) is 5.26 Å². The molecule has 5 nitrogen and oxygen atoms in total. The van der Waals surface area contributed by atoms with Gasteiger partial charge in [0.15, 0.2) is 6.61 Å². The summed E-state index contributed by atoms with van der Waals surface area (Å²) >= 11 is 9.49. The number of ether oxygens (including phenoxy) is 1. The van der Waals surface area contributed by atoms with Gasteiger partial charge in [-0.3, -0.25) is 0 Å². The molecular weight excluding hydrogens is 406 g/mol. The molecule has 0 fully saturated rings. The fourth-order valence-corrected chi connectivity index (χ4v) is 2.58. The van der Waals surface area contributed by atoms with Crippen LogP contribution in [0.15, 0.2) is 57.4 Å². The monoisotopic (exact) mass is 417 g/mol. The molecule has 126 valence electrons. The van der Waals surface area contributed by atoms with E-state index in [-0.39, 0.29) is 12.3 Å². The molecule has 0 unspecified atom stereocenters. The fraction of sp³-hybridized carbons (Fsp3) is 0.111. The lowest BCUT2D eigenvalue weighted by Gasteiger charge is -2.05. The summed E-state index contributed by atoms with van der Waals surface area (Å²) in [6.45, 7) is 0.556. The van der Waals surface area contributed by atoms with E-state index in [1.165, 1.54) is 0 Å². The minimum absolute atomic E-state index is 0.129. The van der Waals surface area contributed by atoms with Crippen LogP contribution in [0.5, 0.6) is 5.75 Å². The van der Waals surface area contributed by atoms with Gasteiger partial charge in [0.2, 0.25) is 17.5 Å². The second kappa shape index (κ2) is 8.06. The second-order valence-electron chi connectivity index (χ2n) is 5.08. The smallest absolute Gasteiger partial charge is 0.236 e. The van der Waals surface area contributed by atoms with Crippen molar-refractivity contribution in [3.8, 4) is 11.8 Å². The molecule has 0 aliphatic carbocycles. The lowest BCUT2D eigenvalue weighted by atomic mass is 10.2. The van der Waals surface area contributed by atoms with E-state index in [9.17, 15) is 5.26 Å². The van der Waals surface area contributed by atoms with Gasteiger partial charge in [0.25, 0.3) is 0 Å². The van der Waals surface area contributed by atoms with Crippen molar-refractivity contribution in [2.45, 2.75) is 13.2 Å². The third-order valence-corrected chi connectivity index (χ3v) is 4.25. The van der Waals surface area contributed by atoms with Crippen LogP contribution in [-0.4, -0.2) is 4.98 Å². The van der Waals surface area contributed by atoms with Gasteiger partial charge in [-0.2, -0.15) is 10.2 Å². The third kappa shape index (κ3) is 4.53. The van der Waals surface area contributed by atoms with Crippen LogP contribution in [0.4, 0.5) is 5.88 Å². The maximum atomic E-state index is 9.21. The van der Waals surface area contributed by atoms with E-state index >= 15 is 0 Å². The molecular formula is C18H13BrClN3O2. The topological polar surface area (TPSA) is 71.1 Å². The van der Waals surface area contributed by atoms with Gasteiger partial charge in [0.1, 0.15) is 11.8 Å². The lowest BCUT2D eigenvalue weighted by molar-refractivity contribution is 0.264. The first-order chi connectivity index (χ1) is 12.2. The second-order valence-corrected chi connectivity index (χ2v) is 6.41. The molecule has 3 rings (SSSR count). The molecule has 1 N–H and O–H groups in total. The first-order valence-corrected chi connectivity index (χ1v) is 8.58. The molecule has 0 saturated heterocycles. The number of benzene rings is 2. The Balaban J connectivity index is 1.66. The summed E-state index contributed by atoms with van der Waals surface area (Å²) in [5.74, 6) is 1.31. The van der Waals surface area contributed by atoms with E-state index in [2.05, 4.69) is 26.2 Å². The molecule has 1 aromatic heterocycles. The first-order valence-electron chi connectivity index (χ1n) is 7.41. The van der Waals surface area contributed by atoms with Crippen LogP contribution in [0.2, 0.25) is 5.02 Å². The SMILES string of the molecule is N#Cc1nc(COc2ccc(Br)cc2)oc1NCc1ccccc1Cl. The lowest BCUT2D eigenvalue weighted by Crippen LogP contribution is -2.00. The van der Waals surface area contributed by atoms with Crippen LogP contribution in [-0.2, 0) is 13.2 Å². The summed E-state index contributed by atoms with van der Waals surface area (Å²) in [6.07, 6.45) is 0. The number of nitrogens with zero attached hydrogens (tertiary/aromatic N) is 2. The van der Waals surface area contributed by atoms with Gasteiger partial charge in [-0.15, -0.1) is 0 Å². The molecule has 0 radical (unpaired) electrons. The predicted octanol–water partition coefficient (Wildman–Crippen LogP) is 5.15. The van der Waals surface area contributed by atoms with Crippen molar-refractivity contribution in [2.75, 3.05) is 5.32 Å². The van der Waals surface area contributed by atoms with E-state index in [0.717, 1.165) is 10.0 Å². The quantitative estimate of drug-likeness (QED) is 0.599. The molecule has 0 saturated carbocycles. The van der Waals surface area contributed by atoms with E-state index in [4.69, 9.17) is 20.8 Å². The summed E-state index contributed by atoms with van der Waals surface area (Å²) in [5.41, 5.74) is 1.08. The molecule has 0 aliphatic rings. The number of halogens is 2. The maximum Gasteiger partial charge on any atom is 0.236 e. The largest absolute Gasteiger partial charge is 0.484 e.